The van der Waals surface area contributed by atoms with E-state index >= 15 is 0 Å². The highest BCUT2D eigenvalue weighted by Gasteiger charge is 2.23. The van der Waals surface area contributed by atoms with E-state index in [0.717, 1.165) is 6.29 Å². The molecule has 0 heterocycles. The van der Waals surface area contributed by atoms with Crippen molar-refractivity contribution in [1.82, 2.24) is 0 Å². The summed E-state index contributed by atoms with van der Waals surface area (Å²) in [6, 6.07) is 0. The number of carbonyl (C=O) groups is 2. The van der Waals surface area contributed by atoms with Gasteiger partial charge in [0.05, 0.1) is 12.5 Å². The zero-order valence-corrected chi connectivity index (χ0v) is 7.87. The van der Waals surface area contributed by atoms with Crippen LogP contribution in [0.3, 0.4) is 0 Å². The number of rotatable bonds is 5. The first kappa shape index (κ1) is 11.1. The first-order valence-electron chi connectivity index (χ1n) is 4.29. The van der Waals surface area contributed by atoms with Crippen molar-refractivity contribution in [3.05, 3.63) is 0 Å². The second kappa shape index (κ2) is 5.75. The van der Waals surface area contributed by atoms with Crippen molar-refractivity contribution >= 4 is 12.3 Å². The van der Waals surface area contributed by atoms with Gasteiger partial charge in [0.1, 0.15) is 6.29 Å². The summed E-state index contributed by atoms with van der Waals surface area (Å²) in [5.74, 6) is -0.781. The number of esters is 1. The molecule has 70 valence electrons. The second-order valence-corrected chi connectivity index (χ2v) is 2.76. The fourth-order valence-corrected chi connectivity index (χ4v) is 1.10. The zero-order chi connectivity index (χ0) is 9.56. The molecule has 12 heavy (non-hydrogen) atoms. The van der Waals surface area contributed by atoms with Crippen LogP contribution in [0.1, 0.15) is 27.2 Å². The van der Waals surface area contributed by atoms with E-state index in [-0.39, 0.29) is 17.8 Å². The Labute approximate surface area is 73.1 Å². The van der Waals surface area contributed by atoms with Gasteiger partial charge in [-0.25, -0.2) is 0 Å². The van der Waals surface area contributed by atoms with Gasteiger partial charge < -0.3 is 9.53 Å². The van der Waals surface area contributed by atoms with Crippen LogP contribution in [0, 0.1) is 11.8 Å². The lowest BCUT2D eigenvalue weighted by Crippen LogP contribution is -2.24. The maximum absolute atomic E-state index is 11.2. The molecule has 0 saturated heterocycles. The second-order valence-electron chi connectivity index (χ2n) is 2.76. The highest BCUT2D eigenvalue weighted by Crippen LogP contribution is 2.14. The normalized spacial score (nSPS) is 14.9. The summed E-state index contributed by atoms with van der Waals surface area (Å²) in [7, 11) is 0. The molecule has 0 saturated carbocycles. The van der Waals surface area contributed by atoms with Gasteiger partial charge in [0.15, 0.2) is 0 Å². The predicted octanol–water partition coefficient (Wildman–Crippen LogP) is 1.41. The molecule has 0 rings (SSSR count). The first-order chi connectivity index (χ1) is 5.67. The van der Waals surface area contributed by atoms with E-state index in [9.17, 15) is 9.59 Å². The molecule has 2 atom stereocenters. The molecule has 0 N–H and O–H groups in total. The maximum atomic E-state index is 11.2. The van der Waals surface area contributed by atoms with Crippen LogP contribution in [-0.2, 0) is 14.3 Å². The minimum atomic E-state index is -0.276. The van der Waals surface area contributed by atoms with Crippen molar-refractivity contribution in [3.63, 3.8) is 0 Å². The lowest BCUT2D eigenvalue weighted by molar-refractivity contribution is -0.150. The number of hydrogen-bond donors (Lipinski definition) is 0. The molecule has 0 radical (unpaired) electrons. The molecule has 0 aliphatic rings. The van der Waals surface area contributed by atoms with Crippen molar-refractivity contribution in [3.8, 4) is 0 Å². The molecule has 0 amide bonds. The molecule has 3 nitrogen and oxygen atoms in total. The van der Waals surface area contributed by atoms with E-state index in [2.05, 4.69) is 0 Å². The molecule has 1 unspecified atom stereocenters. The van der Waals surface area contributed by atoms with Crippen LogP contribution >= 0.6 is 0 Å². The average Bonchev–Trinajstić information content (AvgIpc) is 2.06. The number of aldehydes is 1. The lowest BCUT2D eigenvalue weighted by Gasteiger charge is -2.15. The minimum Gasteiger partial charge on any atom is -0.466 e. The molecule has 0 aromatic rings. The predicted molar refractivity (Wildman–Crippen MR) is 45.6 cm³/mol. The number of ether oxygens (including phenoxy) is 1. The van der Waals surface area contributed by atoms with Gasteiger partial charge >= 0.3 is 5.97 Å². The Hall–Kier alpha value is -0.860. The SMILES string of the molecule is CCOC(=O)[C@@H](CC)C(C)C=O. The summed E-state index contributed by atoms with van der Waals surface area (Å²) < 4.78 is 4.82. The summed E-state index contributed by atoms with van der Waals surface area (Å²) in [6.45, 7) is 5.75. The van der Waals surface area contributed by atoms with Crippen molar-refractivity contribution < 1.29 is 14.3 Å². The van der Waals surface area contributed by atoms with E-state index in [1.54, 1.807) is 13.8 Å². The molecule has 0 aromatic heterocycles. The van der Waals surface area contributed by atoms with Gasteiger partial charge in [-0.15, -0.1) is 0 Å². The van der Waals surface area contributed by atoms with Crippen LogP contribution in [0.25, 0.3) is 0 Å². The Balaban J connectivity index is 4.13. The van der Waals surface area contributed by atoms with Crippen LogP contribution in [0.15, 0.2) is 0 Å². The topological polar surface area (TPSA) is 43.4 Å². The third kappa shape index (κ3) is 3.03. The van der Waals surface area contributed by atoms with Crippen molar-refractivity contribution in [1.29, 1.82) is 0 Å². The van der Waals surface area contributed by atoms with Crippen LogP contribution in [0.4, 0.5) is 0 Å². The van der Waals surface area contributed by atoms with Crippen molar-refractivity contribution in [2.45, 2.75) is 27.2 Å². The van der Waals surface area contributed by atoms with E-state index in [4.69, 9.17) is 4.74 Å². The molecule has 0 aliphatic carbocycles. The summed E-state index contributed by atoms with van der Waals surface area (Å²) in [5, 5.41) is 0. The van der Waals surface area contributed by atoms with Crippen molar-refractivity contribution in [2.75, 3.05) is 6.61 Å². The fourth-order valence-electron chi connectivity index (χ4n) is 1.10. The minimum absolute atomic E-state index is 0.242. The Morgan fingerprint density at radius 1 is 1.50 bits per heavy atom. The average molecular weight is 172 g/mol. The molecule has 3 heteroatoms. The lowest BCUT2D eigenvalue weighted by atomic mass is 9.93. The Morgan fingerprint density at radius 2 is 2.08 bits per heavy atom. The van der Waals surface area contributed by atoms with E-state index < -0.39 is 0 Å². The third-order valence-electron chi connectivity index (χ3n) is 1.88. The Bertz CT molecular complexity index is 154. The van der Waals surface area contributed by atoms with Gasteiger partial charge in [-0.3, -0.25) is 4.79 Å². The van der Waals surface area contributed by atoms with Gasteiger partial charge in [-0.2, -0.15) is 0 Å². The summed E-state index contributed by atoms with van der Waals surface area (Å²) >= 11 is 0. The van der Waals surface area contributed by atoms with Gasteiger partial charge in [0.2, 0.25) is 0 Å². The number of carbonyl (C=O) groups excluding carboxylic acids is 2. The number of hydrogen-bond acceptors (Lipinski definition) is 3. The summed E-state index contributed by atoms with van der Waals surface area (Å²) in [5.41, 5.74) is 0. The van der Waals surface area contributed by atoms with Gasteiger partial charge in [-0.1, -0.05) is 13.8 Å². The maximum Gasteiger partial charge on any atom is 0.309 e. The standard InChI is InChI=1S/C9H16O3/c1-4-8(7(3)6-10)9(11)12-5-2/h6-8H,4-5H2,1-3H3/t7?,8-/m0/s1. The Morgan fingerprint density at radius 3 is 2.42 bits per heavy atom. The molecular weight excluding hydrogens is 156 g/mol. The van der Waals surface area contributed by atoms with E-state index in [1.807, 2.05) is 6.92 Å². The highest BCUT2D eigenvalue weighted by molar-refractivity contribution is 5.76. The van der Waals surface area contributed by atoms with Gasteiger partial charge in [0.25, 0.3) is 0 Å². The molecule has 0 fully saturated rings. The molecule has 0 spiro atoms. The monoisotopic (exact) mass is 172 g/mol. The summed E-state index contributed by atoms with van der Waals surface area (Å²) in [4.78, 5) is 21.6. The van der Waals surface area contributed by atoms with Crippen LogP contribution in [0.2, 0.25) is 0 Å². The van der Waals surface area contributed by atoms with Crippen LogP contribution < -0.4 is 0 Å². The van der Waals surface area contributed by atoms with E-state index in [0.29, 0.717) is 13.0 Å². The summed E-state index contributed by atoms with van der Waals surface area (Å²) in [6.07, 6.45) is 1.45. The zero-order valence-electron chi connectivity index (χ0n) is 7.87. The van der Waals surface area contributed by atoms with E-state index in [1.165, 1.54) is 0 Å². The van der Waals surface area contributed by atoms with Gasteiger partial charge in [-0.05, 0) is 13.3 Å². The van der Waals surface area contributed by atoms with Crippen molar-refractivity contribution in [2.24, 2.45) is 11.8 Å². The quantitative estimate of drug-likeness (QED) is 0.465. The molecule has 0 aromatic carbocycles. The highest BCUT2D eigenvalue weighted by atomic mass is 16.5. The molecular formula is C9H16O3. The first-order valence-corrected chi connectivity index (χ1v) is 4.29. The molecule has 0 aliphatic heterocycles. The van der Waals surface area contributed by atoms with Crippen LogP contribution in [-0.4, -0.2) is 18.9 Å². The smallest absolute Gasteiger partial charge is 0.309 e. The third-order valence-corrected chi connectivity index (χ3v) is 1.88. The largest absolute Gasteiger partial charge is 0.466 e. The molecule has 0 bridgehead atoms. The fraction of sp³-hybridized carbons (Fsp3) is 0.778. The Kier molecular flexibility index (Phi) is 5.34. The van der Waals surface area contributed by atoms with Crippen LogP contribution in [0.5, 0.6) is 0 Å². The van der Waals surface area contributed by atoms with Gasteiger partial charge in [0, 0.05) is 5.92 Å².